The Morgan fingerprint density at radius 1 is 0.674 bits per heavy atom. The molecule has 1 saturated heterocycles. The lowest BCUT2D eigenvalue weighted by Crippen LogP contribution is -2.62. The molecule has 512 valence electrons. The molecule has 10 N–H and O–H groups in total. The van der Waals surface area contributed by atoms with Crippen LogP contribution in [-0.2, 0) is 84.5 Å². The van der Waals surface area contributed by atoms with Gasteiger partial charge in [-0.15, -0.1) is 0 Å². The standard InChI is InChI=1S/C63H96N10O16S3/c1-13-39(7)52-60(83)67-44(25-30-90-12)61(84)88-34-48(58(81)68-45(31-40(8)74)55(78)69-47(57(80)73-52)32-41-19-17-16-18-20-41)70-59(82)51(37(4)5)72-54(77)43(14-2)66-56(79)46(33-42-23-21-38(6)22-24-42)65-50(75)35-87-29-28-86-27-26-64-53(76)49(36-92-91-15-3)71-62(85)89-63(9,10)11/h16-24,37,39,43-49,51-52H,13-15,25-36H2,1-12H3,(H,64,76)(H,65,75)(H,66,79)(H,67,83)(H,68,81)(H,69,78)(H,70,82)(H,71,85)(H,72,77)(H,73,80)/t39?,43-,44-,45-,46-,47-,48-,49-,51-,52-/m0/s1. The van der Waals surface area contributed by atoms with Crippen LogP contribution in [0.2, 0.25) is 0 Å². The maximum absolute atomic E-state index is 14.5. The highest BCUT2D eigenvalue weighted by molar-refractivity contribution is 8.76. The summed E-state index contributed by atoms with van der Waals surface area (Å²) in [7, 11) is 2.98. The third kappa shape index (κ3) is 29.8. The molecule has 1 heterocycles. The van der Waals surface area contributed by atoms with Crippen LogP contribution < -0.4 is 53.2 Å². The van der Waals surface area contributed by atoms with Gasteiger partial charge < -0.3 is 72.1 Å². The number of thioether (sulfide) groups is 1. The van der Waals surface area contributed by atoms with Gasteiger partial charge in [0.2, 0.25) is 53.2 Å². The number of amides is 10. The van der Waals surface area contributed by atoms with Crippen molar-refractivity contribution >= 4 is 104 Å². The van der Waals surface area contributed by atoms with Crippen LogP contribution in [0.1, 0.15) is 112 Å². The lowest BCUT2D eigenvalue weighted by Gasteiger charge is -2.30. The van der Waals surface area contributed by atoms with Crippen LogP contribution in [0.4, 0.5) is 4.79 Å². The van der Waals surface area contributed by atoms with E-state index >= 15 is 0 Å². The number of rotatable bonds is 34. The Labute approximate surface area is 552 Å². The first-order valence-electron chi connectivity index (χ1n) is 30.9. The second-order valence-corrected chi connectivity index (χ2v) is 27.3. The molecular formula is C63H96N10O16S3. The molecule has 0 saturated carbocycles. The molecule has 26 nitrogen and oxygen atoms in total. The zero-order valence-corrected chi connectivity index (χ0v) is 57.4. The predicted molar refractivity (Wildman–Crippen MR) is 353 cm³/mol. The zero-order chi connectivity index (χ0) is 68.5. The van der Waals surface area contributed by atoms with E-state index in [2.05, 4.69) is 53.2 Å². The minimum atomic E-state index is -1.79. The molecule has 1 aliphatic heterocycles. The Morgan fingerprint density at radius 2 is 1.32 bits per heavy atom. The van der Waals surface area contributed by atoms with Gasteiger partial charge in [0.15, 0.2) is 0 Å². The molecule has 0 aliphatic carbocycles. The SMILES string of the molecule is CCSSC[C@H](NC(=O)OC(C)(C)C)C(=O)NCCOCCOCC(=O)N[C@@H](Cc1ccc(C)cc1)C(=O)N[C@@H](CC)C(=O)N[C@H](C(=O)N[C@H]1COC(=O)[C@H](CCSC)NC(=O)[C@H](C(C)CC)NC(=O)[C@H](Cc2ccccc2)NC(=O)[C@H](CC(C)=O)NC1=O)C(C)C. The minimum Gasteiger partial charge on any atom is -0.461 e. The molecule has 0 radical (unpaired) electrons. The summed E-state index contributed by atoms with van der Waals surface area (Å²) in [5.74, 6) is -8.29. The third-order valence-corrected chi connectivity index (χ3v) is 17.3. The summed E-state index contributed by atoms with van der Waals surface area (Å²) >= 11 is 1.38. The van der Waals surface area contributed by atoms with Gasteiger partial charge in [0, 0.05) is 37.3 Å². The molecule has 2 aromatic rings. The Balaban J connectivity index is 1.81. The summed E-state index contributed by atoms with van der Waals surface area (Å²) in [4.78, 5) is 165. The predicted octanol–water partition coefficient (Wildman–Crippen LogP) is 2.50. The Morgan fingerprint density at radius 3 is 1.93 bits per heavy atom. The van der Waals surface area contributed by atoms with E-state index < -0.39 is 162 Å². The molecule has 2 aromatic carbocycles. The topological polar surface area (TPSA) is 362 Å². The Kier molecular flexibility index (Phi) is 35.9. The number of aryl methyl sites for hydroxylation is 1. The van der Waals surface area contributed by atoms with Crippen LogP contribution in [0.15, 0.2) is 54.6 Å². The average molecular weight is 1350 g/mol. The molecule has 1 fully saturated rings. The fraction of sp³-hybridized carbons (Fsp3) is 0.619. The Hall–Kier alpha value is -6.95. The average Bonchev–Trinajstić information content (AvgIpc) is 1.08. The lowest BCUT2D eigenvalue weighted by molar-refractivity contribution is -0.151. The van der Waals surface area contributed by atoms with Crippen molar-refractivity contribution < 1.29 is 76.5 Å². The smallest absolute Gasteiger partial charge is 0.408 e. The van der Waals surface area contributed by atoms with Crippen LogP contribution >= 0.6 is 33.3 Å². The van der Waals surface area contributed by atoms with Gasteiger partial charge in [-0.1, -0.05) is 130 Å². The molecule has 0 aromatic heterocycles. The molecule has 1 aliphatic rings. The number of alkyl carbamates (subject to hydrolysis) is 1. The van der Waals surface area contributed by atoms with Crippen molar-refractivity contribution in [2.24, 2.45) is 11.8 Å². The number of hydrogen-bond acceptors (Lipinski definition) is 19. The number of ketones is 1. The summed E-state index contributed by atoms with van der Waals surface area (Å²) in [6.45, 7) is 17.5. The summed E-state index contributed by atoms with van der Waals surface area (Å²) in [6, 6.07) is 3.93. The van der Waals surface area contributed by atoms with Gasteiger partial charge >= 0.3 is 12.1 Å². The lowest BCUT2D eigenvalue weighted by atomic mass is 9.96. The van der Waals surface area contributed by atoms with Gasteiger partial charge in [0.1, 0.15) is 79.0 Å². The van der Waals surface area contributed by atoms with E-state index in [0.29, 0.717) is 29.1 Å². The molecule has 0 bridgehead atoms. The normalized spacial score (nSPS) is 19.2. The van der Waals surface area contributed by atoms with E-state index in [1.807, 2.05) is 32.9 Å². The largest absolute Gasteiger partial charge is 0.461 e. The van der Waals surface area contributed by atoms with Crippen molar-refractivity contribution in [3.05, 3.63) is 71.3 Å². The van der Waals surface area contributed by atoms with Crippen LogP contribution in [0, 0.1) is 18.8 Å². The maximum Gasteiger partial charge on any atom is 0.408 e. The molecule has 1 unspecified atom stereocenters. The quantitative estimate of drug-likeness (QED) is 0.0273. The van der Waals surface area contributed by atoms with Gasteiger partial charge in [0.25, 0.3) is 0 Å². The van der Waals surface area contributed by atoms with Crippen LogP contribution in [0.25, 0.3) is 0 Å². The van der Waals surface area contributed by atoms with Crippen LogP contribution in [-0.4, -0.2) is 194 Å². The number of Topliss-reactive ketones (excluding diaryl/α,β-unsaturated/α-hetero) is 1. The fourth-order valence-electron chi connectivity index (χ4n) is 8.92. The summed E-state index contributed by atoms with van der Waals surface area (Å²) in [5.41, 5.74) is 1.51. The maximum atomic E-state index is 14.5. The van der Waals surface area contributed by atoms with Gasteiger partial charge in [-0.05, 0) is 82.4 Å². The van der Waals surface area contributed by atoms with Crippen LogP contribution in [0.3, 0.4) is 0 Å². The molecule has 3 rings (SSSR count). The van der Waals surface area contributed by atoms with E-state index in [4.69, 9.17) is 18.9 Å². The van der Waals surface area contributed by atoms with Crippen molar-refractivity contribution in [1.29, 1.82) is 0 Å². The fourth-order valence-corrected chi connectivity index (χ4v) is 11.2. The summed E-state index contributed by atoms with van der Waals surface area (Å²) in [6.07, 6.45) is 0.938. The number of nitrogens with one attached hydrogen (secondary N) is 10. The van der Waals surface area contributed by atoms with E-state index in [9.17, 15) is 57.5 Å². The monoisotopic (exact) mass is 1340 g/mol. The molecule has 29 heteroatoms. The van der Waals surface area contributed by atoms with E-state index in [1.54, 1.807) is 108 Å². The highest BCUT2D eigenvalue weighted by Crippen LogP contribution is 2.22. The third-order valence-electron chi connectivity index (χ3n) is 14.2. The Bertz CT molecular complexity index is 2760. The summed E-state index contributed by atoms with van der Waals surface area (Å²) < 4.78 is 22.1. The second kappa shape index (κ2) is 41.6. The highest BCUT2D eigenvalue weighted by atomic mass is 33.1. The number of esters is 1. The number of carbonyl (C=O) groups is 12. The van der Waals surface area contributed by atoms with Crippen molar-refractivity contribution in [2.75, 3.05) is 63.1 Å². The number of hydrogen-bond donors (Lipinski definition) is 10. The number of benzene rings is 2. The van der Waals surface area contributed by atoms with E-state index in [1.165, 1.54) is 29.5 Å². The number of ether oxygens (including phenoxy) is 4. The second-order valence-electron chi connectivity index (χ2n) is 23.5. The van der Waals surface area contributed by atoms with Gasteiger partial charge in [-0.2, -0.15) is 11.8 Å². The highest BCUT2D eigenvalue weighted by Gasteiger charge is 2.38. The number of carbonyl (C=O) groups excluding carboxylic acids is 12. The van der Waals surface area contributed by atoms with Gasteiger partial charge in [-0.25, -0.2) is 9.59 Å². The molecule has 10 amide bonds. The first kappa shape index (κ1) is 79.3. The molecule has 0 spiro atoms. The van der Waals surface area contributed by atoms with Crippen molar-refractivity contribution in [1.82, 2.24) is 53.2 Å². The van der Waals surface area contributed by atoms with Gasteiger partial charge in [0.05, 0.1) is 19.8 Å². The van der Waals surface area contributed by atoms with Crippen molar-refractivity contribution in [3.63, 3.8) is 0 Å². The van der Waals surface area contributed by atoms with Gasteiger partial charge in [-0.3, -0.25) is 47.9 Å². The van der Waals surface area contributed by atoms with Crippen molar-refractivity contribution in [2.45, 2.75) is 175 Å². The van der Waals surface area contributed by atoms with E-state index in [-0.39, 0.29) is 52.0 Å². The zero-order valence-electron chi connectivity index (χ0n) is 54.9. The van der Waals surface area contributed by atoms with Crippen molar-refractivity contribution in [3.8, 4) is 0 Å². The van der Waals surface area contributed by atoms with E-state index in [0.717, 1.165) is 11.3 Å². The summed E-state index contributed by atoms with van der Waals surface area (Å²) in [5, 5.41) is 26.6. The minimum absolute atomic E-state index is 0.00185. The first-order valence-corrected chi connectivity index (χ1v) is 34.8. The molecule has 92 heavy (non-hydrogen) atoms. The molecular weight excluding hydrogens is 1250 g/mol. The van der Waals surface area contributed by atoms with Crippen LogP contribution in [0.5, 0.6) is 0 Å². The first-order chi connectivity index (χ1) is 43.6. The number of cyclic esters (lactones) is 1. The molecule has 10 atom stereocenters.